The summed E-state index contributed by atoms with van der Waals surface area (Å²) < 4.78 is 37.1. The molecule has 0 bridgehead atoms. The SMILES string of the molecule is NC(c1ccc(Cl)cc1F)C(F)F. The zero-order chi connectivity index (χ0) is 10.0. The molecule has 1 atom stereocenters. The van der Waals surface area contributed by atoms with Crippen molar-refractivity contribution in [3.05, 3.63) is 34.6 Å². The van der Waals surface area contributed by atoms with E-state index < -0.39 is 18.3 Å². The quantitative estimate of drug-likeness (QED) is 0.796. The molecule has 72 valence electrons. The van der Waals surface area contributed by atoms with Crippen molar-refractivity contribution in [2.24, 2.45) is 5.73 Å². The molecule has 1 aromatic carbocycles. The maximum atomic E-state index is 13.0. The highest BCUT2D eigenvalue weighted by Gasteiger charge is 2.20. The summed E-state index contributed by atoms with van der Waals surface area (Å²) in [6.45, 7) is 0. The molecule has 0 heterocycles. The van der Waals surface area contributed by atoms with Crippen LogP contribution in [0, 0.1) is 5.82 Å². The van der Waals surface area contributed by atoms with Crippen LogP contribution in [0.1, 0.15) is 11.6 Å². The van der Waals surface area contributed by atoms with Crippen LogP contribution in [0.3, 0.4) is 0 Å². The van der Waals surface area contributed by atoms with Crippen molar-refractivity contribution < 1.29 is 13.2 Å². The zero-order valence-electron chi connectivity index (χ0n) is 6.48. The Morgan fingerprint density at radius 3 is 2.38 bits per heavy atom. The van der Waals surface area contributed by atoms with Crippen LogP contribution in [0.5, 0.6) is 0 Å². The van der Waals surface area contributed by atoms with Gasteiger partial charge in [0, 0.05) is 10.6 Å². The van der Waals surface area contributed by atoms with Crippen molar-refractivity contribution in [1.82, 2.24) is 0 Å². The number of halogens is 4. The average molecular weight is 210 g/mol. The molecular weight excluding hydrogens is 203 g/mol. The van der Waals surface area contributed by atoms with Gasteiger partial charge in [-0.1, -0.05) is 17.7 Å². The molecule has 2 N–H and O–H groups in total. The summed E-state index contributed by atoms with van der Waals surface area (Å²) in [6.07, 6.45) is -2.78. The highest BCUT2D eigenvalue weighted by molar-refractivity contribution is 6.30. The molecule has 0 fully saturated rings. The van der Waals surface area contributed by atoms with Crippen LogP contribution in [0.25, 0.3) is 0 Å². The van der Waals surface area contributed by atoms with E-state index >= 15 is 0 Å². The predicted molar refractivity (Wildman–Crippen MR) is 44.3 cm³/mol. The normalized spacial score (nSPS) is 13.4. The van der Waals surface area contributed by atoms with E-state index in [0.717, 1.165) is 12.1 Å². The van der Waals surface area contributed by atoms with Gasteiger partial charge in [0.1, 0.15) is 5.82 Å². The van der Waals surface area contributed by atoms with Crippen LogP contribution in [0.15, 0.2) is 18.2 Å². The molecule has 13 heavy (non-hydrogen) atoms. The van der Waals surface area contributed by atoms with Gasteiger partial charge in [-0.25, -0.2) is 13.2 Å². The van der Waals surface area contributed by atoms with E-state index in [1.165, 1.54) is 6.07 Å². The predicted octanol–water partition coefficient (Wildman–Crippen LogP) is 2.74. The minimum absolute atomic E-state index is 0.155. The van der Waals surface area contributed by atoms with E-state index in [9.17, 15) is 13.2 Å². The average Bonchev–Trinajstić information content (AvgIpc) is 2.03. The number of hydrogen-bond donors (Lipinski definition) is 1. The van der Waals surface area contributed by atoms with Crippen LogP contribution >= 0.6 is 11.6 Å². The van der Waals surface area contributed by atoms with Crippen LogP contribution in [-0.2, 0) is 0 Å². The molecule has 1 rings (SSSR count). The molecule has 0 aliphatic heterocycles. The van der Waals surface area contributed by atoms with E-state index in [1.54, 1.807) is 0 Å². The number of hydrogen-bond acceptors (Lipinski definition) is 1. The second-order valence-corrected chi connectivity index (χ2v) is 2.96. The largest absolute Gasteiger partial charge is 0.319 e. The van der Waals surface area contributed by atoms with Gasteiger partial charge < -0.3 is 5.73 Å². The van der Waals surface area contributed by atoms with Crippen molar-refractivity contribution in [2.45, 2.75) is 12.5 Å². The Morgan fingerprint density at radius 2 is 1.92 bits per heavy atom. The van der Waals surface area contributed by atoms with Gasteiger partial charge in [0.25, 0.3) is 6.43 Å². The molecule has 0 aromatic heterocycles. The van der Waals surface area contributed by atoms with Gasteiger partial charge >= 0.3 is 0 Å². The van der Waals surface area contributed by atoms with Crippen molar-refractivity contribution in [2.75, 3.05) is 0 Å². The minimum atomic E-state index is -2.78. The fourth-order valence-corrected chi connectivity index (χ4v) is 1.07. The monoisotopic (exact) mass is 209 g/mol. The molecule has 0 radical (unpaired) electrons. The lowest BCUT2D eigenvalue weighted by Gasteiger charge is -2.11. The Labute approximate surface area is 78.3 Å². The second-order valence-electron chi connectivity index (χ2n) is 2.53. The Bertz CT molecular complexity index is 303. The van der Waals surface area contributed by atoms with Crippen molar-refractivity contribution >= 4 is 11.6 Å². The smallest absolute Gasteiger partial charge is 0.257 e. The van der Waals surface area contributed by atoms with Gasteiger partial charge in [0.05, 0.1) is 6.04 Å². The molecule has 1 unspecified atom stereocenters. The summed E-state index contributed by atoms with van der Waals surface area (Å²) in [7, 11) is 0. The lowest BCUT2D eigenvalue weighted by molar-refractivity contribution is 0.115. The summed E-state index contributed by atoms with van der Waals surface area (Å²) in [5.74, 6) is -0.805. The van der Waals surface area contributed by atoms with Crippen molar-refractivity contribution in [3.63, 3.8) is 0 Å². The van der Waals surface area contributed by atoms with Gasteiger partial charge in [0.2, 0.25) is 0 Å². The second kappa shape index (κ2) is 3.98. The summed E-state index contributed by atoms with van der Waals surface area (Å²) in [5, 5.41) is 0.155. The molecule has 5 heteroatoms. The molecular formula is C8H7ClF3N. The first-order chi connectivity index (χ1) is 6.02. The van der Waals surface area contributed by atoms with Gasteiger partial charge in [-0.3, -0.25) is 0 Å². The highest BCUT2D eigenvalue weighted by Crippen LogP contribution is 2.23. The number of nitrogens with two attached hydrogens (primary N) is 1. The molecule has 0 amide bonds. The number of benzene rings is 1. The fraction of sp³-hybridized carbons (Fsp3) is 0.250. The summed E-state index contributed by atoms with van der Waals surface area (Å²) in [4.78, 5) is 0. The first kappa shape index (κ1) is 10.3. The van der Waals surface area contributed by atoms with Crippen LogP contribution < -0.4 is 5.73 Å². The summed E-state index contributed by atoms with van der Waals surface area (Å²) in [5.41, 5.74) is 4.83. The zero-order valence-corrected chi connectivity index (χ0v) is 7.23. The summed E-state index contributed by atoms with van der Waals surface area (Å²) in [6, 6.07) is 1.84. The standard InChI is InChI=1S/C8H7ClF3N/c9-4-1-2-5(6(10)3-4)7(13)8(11)12/h1-3,7-8H,13H2. The third-order valence-corrected chi connectivity index (χ3v) is 1.83. The van der Waals surface area contributed by atoms with E-state index in [0.29, 0.717) is 0 Å². The summed E-state index contributed by atoms with van der Waals surface area (Å²) >= 11 is 5.43. The van der Waals surface area contributed by atoms with Crippen molar-refractivity contribution in [3.8, 4) is 0 Å². The van der Waals surface area contributed by atoms with E-state index in [-0.39, 0.29) is 10.6 Å². The highest BCUT2D eigenvalue weighted by atomic mass is 35.5. The molecule has 0 aliphatic rings. The van der Waals surface area contributed by atoms with E-state index in [4.69, 9.17) is 17.3 Å². The maximum absolute atomic E-state index is 13.0. The van der Waals surface area contributed by atoms with Gasteiger partial charge in [-0.05, 0) is 12.1 Å². The first-order valence-electron chi connectivity index (χ1n) is 3.51. The number of alkyl halides is 2. The Kier molecular flexibility index (Phi) is 3.17. The van der Waals surface area contributed by atoms with Gasteiger partial charge in [0.15, 0.2) is 0 Å². The van der Waals surface area contributed by atoms with Gasteiger partial charge in [-0.15, -0.1) is 0 Å². The molecule has 0 saturated carbocycles. The lowest BCUT2D eigenvalue weighted by Crippen LogP contribution is -2.20. The fourth-order valence-electron chi connectivity index (χ4n) is 0.908. The molecule has 1 nitrogen and oxygen atoms in total. The minimum Gasteiger partial charge on any atom is -0.319 e. The van der Waals surface area contributed by atoms with Crippen molar-refractivity contribution in [1.29, 1.82) is 0 Å². The molecule has 0 aliphatic carbocycles. The number of rotatable bonds is 2. The Balaban J connectivity index is 3.01. The van der Waals surface area contributed by atoms with E-state index in [2.05, 4.69) is 0 Å². The maximum Gasteiger partial charge on any atom is 0.257 e. The van der Waals surface area contributed by atoms with E-state index in [1.807, 2.05) is 0 Å². The van der Waals surface area contributed by atoms with Crippen LogP contribution in [-0.4, -0.2) is 6.43 Å². The third-order valence-electron chi connectivity index (χ3n) is 1.59. The van der Waals surface area contributed by atoms with Crippen LogP contribution in [0.4, 0.5) is 13.2 Å². The topological polar surface area (TPSA) is 26.0 Å². The lowest BCUT2D eigenvalue weighted by atomic mass is 10.1. The molecule has 0 spiro atoms. The Morgan fingerprint density at radius 1 is 1.31 bits per heavy atom. The third kappa shape index (κ3) is 2.35. The van der Waals surface area contributed by atoms with Gasteiger partial charge in [-0.2, -0.15) is 0 Å². The molecule has 0 saturated heterocycles. The molecule has 1 aromatic rings. The first-order valence-corrected chi connectivity index (χ1v) is 3.89. The Hall–Kier alpha value is -0.740. The van der Waals surface area contributed by atoms with Crippen LogP contribution in [0.2, 0.25) is 5.02 Å².